The summed E-state index contributed by atoms with van der Waals surface area (Å²) in [4.78, 5) is 0. The molecule has 0 atom stereocenters. The second kappa shape index (κ2) is 10.2. The van der Waals surface area contributed by atoms with Gasteiger partial charge in [0.2, 0.25) is 0 Å². The third-order valence-corrected chi connectivity index (χ3v) is 12.8. The molecule has 4 rings (SSSR count). The number of allylic oxidation sites excluding steroid dienone is 4. The molecule has 0 heterocycles. The minimum Gasteiger partial charge on any atom is -0.0874 e. The summed E-state index contributed by atoms with van der Waals surface area (Å²) in [5.41, 5.74) is 14.0. The van der Waals surface area contributed by atoms with Crippen LogP contribution in [0.5, 0.6) is 0 Å². The van der Waals surface area contributed by atoms with E-state index in [4.69, 9.17) is 0 Å². The molecule has 0 fully saturated rings. The van der Waals surface area contributed by atoms with Crippen molar-refractivity contribution in [1.29, 1.82) is 0 Å². The first kappa shape index (κ1) is 28.8. The van der Waals surface area contributed by atoms with E-state index < -0.39 is 32.3 Å². The standard InChI is InChI=1S/2C16H24Si2/c2*1-17(2,3)12-15-14-10-8-7-9-13(14)11-16(15)18(4,5)6/h2*7-12H,1-6H3/b2*15-12+. The normalized spacial score (nSPS) is 17.9. The molecule has 0 radical (unpaired) electrons. The van der Waals surface area contributed by atoms with E-state index in [2.05, 4.69) is 151 Å². The van der Waals surface area contributed by atoms with E-state index in [0.717, 1.165) is 0 Å². The van der Waals surface area contributed by atoms with Crippen molar-refractivity contribution in [3.8, 4) is 0 Å². The van der Waals surface area contributed by atoms with Crippen LogP contribution in [0, 0.1) is 0 Å². The molecule has 0 aromatic heterocycles. The zero-order valence-electron chi connectivity index (χ0n) is 24.9. The number of fused-ring (bicyclic) bond motifs is 2. The van der Waals surface area contributed by atoms with Gasteiger partial charge in [0, 0.05) is 0 Å². The molecule has 0 saturated heterocycles. The van der Waals surface area contributed by atoms with Crippen LogP contribution in [-0.4, -0.2) is 32.3 Å². The maximum absolute atomic E-state index is 2.59. The van der Waals surface area contributed by atoms with E-state index in [0.29, 0.717) is 0 Å². The van der Waals surface area contributed by atoms with Gasteiger partial charge in [0.25, 0.3) is 0 Å². The minimum atomic E-state index is -1.27. The van der Waals surface area contributed by atoms with Crippen molar-refractivity contribution >= 4 is 55.6 Å². The Morgan fingerprint density at radius 3 is 1.03 bits per heavy atom. The summed E-state index contributed by atoms with van der Waals surface area (Å²) in [5, 5.41) is 3.26. The van der Waals surface area contributed by atoms with Gasteiger partial charge in [-0.25, -0.2) is 0 Å². The average Bonchev–Trinajstić information content (AvgIpc) is 3.25. The van der Waals surface area contributed by atoms with Crippen LogP contribution < -0.4 is 0 Å². The zero-order chi connectivity index (χ0) is 27.1. The van der Waals surface area contributed by atoms with Crippen molar-refractivity contribution in [1.82, 2.24) is 0 Å². The van der Waals surface area contributed by atoms with Gasteiger partial charge in [0.15, 0.2) is 0 Å². The monoisotopic (exact) mass is 544 g/mol. The van der Waals surface area contributed by atoms with Crippen LogP contribution in [0.3, 0.4) is 0 Å². The van der Waals surface area contributed by atoms with Crippen molar-refractivity contribution in [2.45, 2.75) is 78.6 Å². The highest BCUT2D eigenvalue weighted by molar-refractivity contribution is 6.89. The van der Waals surface area contributed by atoms with E-state index in [1.165, 1.54) is 22.3 Å². The fourth-order valence-electron chi connectivity index (χ4n) is 4.91. The lowest BCUT2D eigenvalue weighted by molar-refractivity contribution is 1.60. The predicted molar refractivity (Wildman–Crippen MR) is 178 cm³/mol. The maximum Gasteiger partial charge on any atom is 0.0784 e. The number of benzene rings is 2. The van der Waals surface area contributed by atoms with E-state index in [1.54, 1.807) is 21.5 Å². The molecule has 0 spiro atoms. The Morgan fingerprint density at radius 2 is 0.750 bits per heavy atom. The Bertz CT molecular complexity index is 1150. The maximum atomic E-state index is 2.59. The lowest BCUT2D eigenvalue weighted by Crippen LogP contribution is -2.25. The molecule has 36 heavy (non-hydrogen) atoms. The summed E-state index contributed by atoms with van der Waals surface area (Å²) in [6, 6.07) is 17.7. The van der Waals surface area contributed by atoms with Crippen molar-refractivity contribution < 1.29 is 0 Å². The van der Waals surface area contributed by atoms with Crippen molar-refractivity contribution in [3.63, 3.8) is 0 Å². The Kier molecular flexibility index (Phi) is 8.17. The highest BCUT2D eigenvalue weighted by Crippen LogP contribution is 2.42. The summed E-state index contributed by atoms with van der Waals surface area (Å²) in [5.74, 6) is 0. The molecule has 0 N–H and O–H groups in total. The smallest absolute Gasteiger partial charge is 0.0784 e. The van der Waals surface area contributed by atoms with Crippen LogP contribution in [0.2, 0.25) is 78.6 Å². The van der Waals surface area contributed by atoms with Gasteiger partial charge < -0.3 is 0 Å². The molecule has 0 saturated carbocycles. The quantitative estimate of drug-likeness (QED) is 0.336. The average molecular weight is 545 g/mol. The summed E-state index contributed by atoms with van der Waals surface area (Å²) in [7, 11) is -4.92. The van der Waals surface area contributed by atoms with Crippen LogP contribution in [0.25, 0.3) is 23.3 Å². The van der Waals surface area contributed by atoms with Gasteiger partial charge in [-0.1, -0.05) is 161 Å². The molecule has 0 bridgehead atoms. The third kappa shape index (κ3) is 7.18. The van der Waals surface area contributed by atoms with Crippen molar-refractivity contribution in [3.05, 3.63) is 92.6 Å². The highest BCUT2D eigenvalue weighted by Gasteiger charge is 2.31. The van der Waals surface area contributed by atoms with Crippen molar-refractivity contribution in [2.75, 3.05) is 0 Å². The summed E-state index contributed by atoms with van der Waals surface area (Å²) in [6.45, 7) is 29.2. The first-order valence-corrected chi connectivity index (χ1v) is 27.6. The van der Waals surface area contributed by atoms with Crippen molar-refractivity contribution in [2.24, 2.45) is 0 Å². The molecular formula is C32H48Si4. The first-order chi connectivity index (χ1) is 16.4. The molecule has 0 unspecified atom stereocenters. The van der Waals surface area contributed by atoms with E-state index in [9.17, 15) is 0 Å². The SMILES string of the molecule is C[Si](C)(C)/C=C1/C([Si](C)(C)C)=Cc2ccccc21.C[Si](C)(C)/C=C1/C([Si](C)(C)C)=Cc2ccccc21. The Hall–Kier alpha value is -1.73. The molecule has 2 aromatic rings. The topological polar surface area (TPSA) is 0 Å². The molecule has 4 heteroatoms. The third-order valence-electron chi connectivity index (χ3n) is 6.45. The van der Waals surface area contributed by atoms with E-state index in [-0.39, 0.29) is 0 Å². The molecular weight excluding hydrogens is 497 g/mol. The van der Waals surface area contributed by atoms with Gasteiger partial charge in [0.05, 0.1) is 32.3 Å². The summed E-state index contributed by atoms with van der Waals surface area (Å²) in [6.07, 6.45) is 4.88. The molecule has 0 aliphatic heterocycles. The Balaban J connectivity index is 0.000000201. The second-order valence-electron chi connectivity index (χ2n) is 14.6. The predicted octanol–water partition coefficient (Wildman–Crippen LogP) is 10.4. The fourth-order valence-corrected chi connectivity index (χ4v) is 10.8. The number of hydrogen-bond donors (Lipinski definition) is 0. The van der Waals surface area contributed by atoms with E-state index >= 15 is 0 Å². The fraction of sp³-hybridized carbons (Fsp3) is 0.375. The van der Waals surface area contributed by atoms with Crippen LogP contribution in [0.4, 0.5) is 0 Å². The zero-order valence-corrected chi connectivity index (χ0v) is 28.9. The summed E-state index contributed by atoms with van der Waals surface area (Å²) >= 11 is 0. The molecule has 2 aromatic carbocycles. The molecule has 2 aliphatic rings. The molecule has 0 amide bonds. The Labute approximate surface area is 226 Å². The van der Waals surface area contributed by atoms with Gasteiger partial charge in [0.1, 0.15) is 0 Å². The van der Waals surface area contributed by atoms with Crippen LogP contribution in [0.1, 0.15) is 22.3 Å². The van der Waals surface area contributed by atoms with Crippen LogP contribution >= 0.6 is 0 Å². The molecule has 0 nitrogen and oxygen atoms in total. The van der Waals surface area contributed by atoms with Crippen LogP contribution in [0.15, 0.2) is 70.3 Å². The van der Waals surface area contributed by atoms with Crippen LogP contribution in [-0.2, 0) is 0 Å². The van der Waals surface area contributed by atoms with Gasteiger partial charge in [-0.2, -0.15) is 0 Å². The van der Waals surface area contributed by atoms with Gasteiger partial charge in [-0.15, -0.1) is 0 Å². The highest BCUT2D eigenvalue weighted by atomic mass is 28.3. The van der Waals surface area contributed by atoms with Gasteiger partial charge in [-0.3, -0.25) is 0 Å². The second-order valence-corrected chi connectivity index (χ2v) is 34.8. The Morgan fingerprint density at radius 1 is 0.444 bits per heavy atom. The minimum absolute atomic E-state index is 1.19. The largest absolute Gasteiger partial charge is 0.0874 e. The number of hydrogen-bond acceptors (Lipinski definition) is 0. The molecule has 192 valence electrons. The summed E-state index contributed by atoms with van der Waals surface area (Å²) < 4.78 is 0. The number of rotatable bonds is 4. The van der Waals surface area contributed by atoms with Gasteiger partial charge in [-0.05, 0) is 33.4 Å². The lowest BCUT2D eigenvalue weighted by atomic mass is 10.1. The molecule has 2 aliphatic carbocycles. The first-order valence-electron chi connectivity index (χ1n) is 13.5. The van der Waals surface area contributed by atoms with E-state index in [1.807, 2.05) is 0 Å². The lowest BCUT2D eigenvalue weighted by Gasteiger charge is -2.23. The van der Waals surface area contributed by atoms with Gasteiger partial charge >= 0.3 is 0 Å².